The van der Waals surface area contributed by atoms with Crippen LogP contribution in [0, 0.1) is 0 Å². The number of hydrogen-bond acceptors (Lipinski definition) is 6. The van der Waals surface area contributed by atoms with E-state index in [1.807, 2.05) is 42.5 Å². The number of halogens is 1. The molecule has 5 rings (SSSR count). The van der Waals surface area contributed by atoms with Crippen LogP contribution in [-0.4, -0.2) is 73.6 Å². The second kappa shape index (κ2) is 10.2. The SMILES string of the molecule is O=C(O)[C@@]1(N(CCN2CCOCC2)S(=O)(=O)c2ccc(-c3ccc(Cl)cc3)s2)C[C@H]1c1ccccc1. The van der Waals surface area contributed by atoms with Crippen molar-refractivity contribution < 1.29 is 23.1 Å². The van der Waals surface area contributed by atoms with Crippen LogP contribution in [0.2, 0.25) is 5.02 Å². The van der Waals surface area contributed by atoms with Crippen LogP contribution in [0.25, 0.3) is 10.4 Å². The molecule has 36 heavy (non-hydrogen) atoms. The number of benzene rings is 2. The summed E-state index contributed by atoms with van der Waals surface area (Å²) >= 11 is 7.14. The highest BCUT2D eigenvalue weighted by Gasteiger charge is 2.68. The van der Waals surface area contributed by atoms with E-state index in [9.17, 15) is 18.3 Å². The van der Waals surface area contributed by atoms with Gasteiger partial charge in [-0.15, -0.1) is 11.3 Å². The molecule has 3 aromatic rings. The molecule has 1 aromatic heterocycles. The van der Waals surface area contributed by atoms with Crippen LogP contribution in [0.4, 0.5) is 0 Å². The van der Waals surface area contributed by atoms with E-state index in [2.05, 4.69) is 4.90 Å². The first-order valence-corrected chi connectivity index (χ1v) is 14.4. The van der Waals surface area contributed by atoms with Gasteiger partial charge in [0.15, 0.2) is 0 Å². The minimum atomic E-state index is -4.09. The van der Waals surface area contributed by atoms with Crippen molar-refractivity contribution in [1.29, 1.82) is 0 Å². The summed E-state index contributed by atoms with van der Waals surface area (Å²) in [5.74, 6) is -1.53. The van der Waals surface area contributed by atoms with Crippen molar-refractivity contribution in [3.05, 3.63) is 77.3 Å². The lowest BCUT2D eigenvalue weighted by atomic mass is 10.1. The van der Waals surface area contributed by atoms with Gasteiger partial charge in [0, 0.05) is 42.0 Å². The number of rotatable bonds is 9. The Morgan fingerprint density at radius 2 is 1.78 bits per heavy atom. The zero-order chi connectivity index (χ0) is 25.3. The van der Waals surface area contributed by atoms with E-state index in [4.69, 9.17) is 16.3 Å². The highest BCUT2D eigenvalue weighted by Crippen LogP contribution is 2.57. The van der Waals surface area contributed by atoms with E-state index in [1.54, 1.807) is 24.3 Å². The molecule has 10 heteroatoms. The molecule has 0 unspecified atom stereocenters. The molecule has 0 bridgehead atoms. The summed E-state index contributed by atoms with van der Waals surface area (Å²) in [5, 5.41) is 11.0. The van der Waals surface area contributed by atoms with Gasteiger partial charge in [-0.2, -0.15) is 4.31 Å². The third-order valence-electron chi connectivity index (χ3n) is 6.93. The molecule has 2 heterocycles. The number of aliphatic carboxylic acids is 1. The van der Waals surface area contributed by atoms with Gasteiger partial charge < -0.3 is 9.84 Å². The van der Waals surface area contributed by atoms with Gasteiger partial charge in [-0.1, -0.05) is 54.1 Å². The molecular weight excluding hydrogens is 520 g/mol. The molecule has 1 N–H and O–H groups in total. The maximum atomic E-state index is 14.1. The Labute approximate surface area is 219 Å². The fraction of sp³-hybridized carbons (Fsp3) is 0.346. The minimum Gasteiger partial charge on any atom is -0.480 e. The Morgan fingerprint density at radius 1 is 1.08 bits per heavy atom. The van der Waals surface area contributed by atoms with Crippen molar-refractivity contribution in [1.82, 2.24) is 9.21 Å². The maximum absolute atomic E-state index is 14.1. The molecule has 1 saturated carbocycles. The molecule has 1 aliphatic heterocycles. The average molecular weight is 547 g/mol. The number of nitrogens with zero attached hydrogens (tertiary/aromatic N) is 2. The van der Waals surface area contributed by atoms with Crippen LogP contribution < -0.4 is 0 Å². The van der Waals surface area contributed by atoms with Crippen LogP contribution in [0.5, 0.6) is 0 Å². The highest BCUT2D eigenvalue weighted by atomic mass is 35.5. The lowest BCUT2D eigenvalue weighted by Crippen LogP contribution is -2.51. The second-order valence-corrected chi connectivity index (χ2v) is 12.7. The number of ether oxygens (including phenoxy) is 1. The Morgan fingerprint density at radius 3 is 2.44 bits per heavy atom. The van der Waals surface area contributed by atoms with Crippen LogP contribution in [0.1, 0.15) is 17.9 Å². The quantitative estimate of drug-likeness (QED) is 0.428. The zero-order valence-electron chi connectivity index (χ0n) is 19.5. The molecule has 0 amide bonds. The molecular formula is C26H27ClN2O5S2. The highest BCUT2D eigenvalue weighted by molar-refractivity contribution is 7.91. The molecule has 7 nitrogen and oxygen atoms in total. The van der Waals surface area contributed by atoms with Gasteiger partial charge in [-0.25, -0.2) is 8.42 Å². The lowest BCUT2D eigenvalue weighted by Gasteiger charge is -2.33. The fourth-order valence-corrected chi connectivity index (χ4v) is 8.20. The van der Waals surface area contributed by atoms with Crippen molar-refractivity contribution in [2.75, 3.05) is 39.4 Å². The molecule has 0 radical (unpaired) electrons. The Bertz CT molecular complexity index is 1320. The van der Waals surface area contributed by atoms with Crippen LogP contribution >= 0.6 is 22.9 Å². The van der Waals surface area contributed by atoms with Gasteiger partial charge in [0.1, 0.15) is 9.75 Å². The summed E-state index contributed by atoms with van der Waals surface area (Å²) in [6.45, 7) is 3.07. The summed E-state index contributed by atoms with van der Waals surface area (Å²) in [4.78, 5) is 15.6. The molecule has 2 atom stereocenters. The first kappa shape index (κ1) is 25.4. The summed E-state index contributed by atoms with van der Waals surface area (Å²) in [5.41, 5.74) is 0.170. The van der Waals surface area contributed by atoms with E-state index in [0.717, 1.165) is 27.3 Å². The summed E-state index contributed by atoms with van der Waals surface area (Å²) in [7, 11) is -4.09. The Hall–Kier alpha value is -2.27. The van der Waals surface area contributed by atoms with Crippen LogP contribution in [0.3, 0.4) is 0 Å². The Balaban J connectivity index is 1.50. The maximum Gasteiger partial charge on any atom is 0.325 e. The molecule has 1 saturated heterocycles. The number of carbonyl (C=O) groups is 1. The fourth-order valence-electron chi connectivity index (χ4n) is 4.88. The first-order valence-electron chi connectivity index (χ1n) is 11.8. The number of carboxylic acid groups (broad SMARTS) is 1. The second-order valence-electron chi connectivity index (χ2n) is 9.05. The summed E-state index contributed by atoms with van der Waals surface area (Å²) in [6.07, 6.45) is 0.240. The molecule has 2 aliphatic rings. The van der Waals surface area contributed by atoms with Crippen molar-refractivity contribution in [2.45, 2.75) is 22.1 Å². The number of carboxylic acids is 1. The molecule has 1 aliphatic carbocycles. The van der Waals surface area contributed by atoms with Crippen molar-refractivity contribution in [3.63, 3.8) is 0 Å². The van der Waals surface area contributed by atoms with Gasteiger partial charge in [0.25, 0.3) is 10.0 Å². The normalized spacial score (nSPS) is 22.6. The number of hydrogen-bond donors (Lipinski definition) is 1. The van der Waals surface area contributed by atoms with Gasteiger partial charge >= 0.3 is 5.97 Å². The largest absolute Gasteiger partial charge is 0.480 e. The van der Waals surface area contributed by atoms with E-state index >= 15 is 0 Å². The minimum absolute atomic E-state index is 0.0894. The smallest absolute Gasteiger partial charge is 0.325 e. The molecule has 2 fully saturated rings. The number of sulfonamides is 1. The summed E-state index contributed by atoms with van der Waals surface area (Å²) < 4.78 is 35.0. The predicted octanol–water partition coefficient (Wildman–Crippen LogP) is 4.40. The van der Waals surface area contributed by atoms with Crippen molar-refractivity contribution >= 4 is 38.9 Å². The standard InChI is InChI=1S/C26H27ClN2O5S2/c27-21-8-6-20(7-9-21)23-10-11-24(35-23)36(32,33)29(13-12-28-14-16-34-17-15-28)26(25(30)31)18-22(26)19-4-2-1-3-5-19/h1-11,22H,12-18H2,(H,30,31)/t22-,26+/m0/s1. The third-order valence-corrected chi connectivity index (χ3v) is 10.7. The van der Waals surface area contributed by atoms with Crippen molar-refractivity contribution in [3.8, 4) is 10.4 Å². The van der Waals surface area contributed by atoms with Gasteiger partial charge in [-0.05, 0) is 41.8 Å². The predicted molar refractivity (Wildman–Crippen MR) is 140 cm³/mol. The monoisotopic (exact) mass is 546 g/mol. The number of morpholine rings is 1. The third kappa shape index (κ3) is 4.83. The molecule has 0 spiro atoms. The van der Waals surface area contributed by atoms with E-state index in [1.165, 1.54) is 4.31 Å². The van der Waals surface area contributed by atoms with Gasteiger partial charge in [0.2, 0.25) is 0 Å². The Kier molecular flexibility index (Phi) is 7.22. The molecule has 2 aromatic carbocycles. The topological polar surface area (TPSA) is 87.2 Å². The molecule has 190 valence electrons. The van der Waals surface area contributed by atoms with Crippen molar-refractivity contribution in [2.24, 2.45) is 0 Å². The zero-order valence-corrected chi connectivity index (χ0v) is 21.9. The average Bonchev–Trinajstić information content (AvgIpc) is 3.43. The van der Waals surface area contributed by atoms with Gasteiger partial charge in [0.05, 0.1) is 13.2 Å². The van der Waals surface area contributed by atoms with Crippen LogP contribution in [0.15, 0.2) is 70.9 Å². The lowest BCUT2D eigenvalue weighted by molar-refractivity contribution is -0.143. The number of thiophene rings is 1. The van der Waals surface area contributed by atoms with Crippen LogP contribution in [-0.2, 0) is 19.6 Å². The van der Waals surface area contributed by atoms with E-state index < -0.39 is 27.4 Å². The van der Waals surface area contributed by atoms with E-state index in [0.29, 0.717) is 37.9 Å². The van der Waals surface area contributed by atoms with E-state index in [-0.39, 0.29) is 17.2 Å². The summed E-state index contributed by atoms with van der Waals surface area (Å²) in [6, 6.07) is 19.8. The first-order chi connectivity index (χ1) is 17.3. The van der Waals surface area contributed by atoms with Gasteiger partial charge in [-0.3, -0.25) is 9.69 Å².